The van der Waals surface area contributed by atoms with Crippen LogP contribution in [0.3, 0.4) is 0 Å². The molecule has 8 aromatic rings. The number of fused-ring (bicyclic) bond motifs is 6. The molecule has 0 aliphatic heterocycles. The summed E-state index contributed by atoms with van der Waals surface area (Å²) in [5, 5.41) is 5.83. The van der Waals surface area contributed by atoms with Gasteiger partial charge in [-0.05, 0) is 46.3 Å². The lowest BCUT2D eigenvalue weighted by atomic mass is 9.96. The molecule has 2 heterocycles. The number of hydrogen-bond acceptors (Lipinski definition) is 3. The van der Waals surface area contributed by atoms with Crippen molar-refractivity contribution < 1.29 is 4.42 Å². The van der Waals surface area contributed by atoms with E-state index in [0.717, 1.165) is 49.2 Å². The first-order chi connectivity index (χ1) is 18.8. The normalized spacial score (nSPS) is 11.7. The molecule has 2 aromatic heterocycles. The maximum absolute atomic E-state index is 6.31. The van der Waals surface area contributed by atoms with Crippen LogP contribution in [0.15, 0.2) is 132 Å². The number of aromatic nitrogens is 1. The van der Waals surface area contributed by atoms with E-state index in [1.807, 2.05) is 18.2 Å². The Bertz CT molecular complexity index is 2140. The van der Waals surface area contributed by atoms with Gasteiger partial charge < -0.3 is 4.42 Å². The Labute approximate surface area is 223 Å². The molecular weight excluding hydrogens is 482 g/mol. The van der Waals surface area contributed by atoms with Crippen molar-refractivity contribution in [3.63, 3.8) is 0 Å². The van der Waals surface area contributed by atoms with Gasteiger partial charge in [0.25, 0.3) is 0 Å². The van der Waals surface area contributed by atoms with Gasteiger partial charge in [-0.3, -0.25) is 0 Å². The fraction of sp³-hybridized carbons (Fsp3) is 0. The van der Waals surface area contributed by atoms with Crippen LogP contribution in [0, 0.1) is 0 Å². The summed E-state index contributed by atoms with van der Waals surface area (Å²) in [6, 6.07) is 44.9. The number of thiazole rings is 1. The third-order valence-corrected chi connectivity index (χ3v) is 8.46. The largest absolute Gasteiger partial charge is 0.455 e. The van der Waals surface area contributed by atoms with E-state index < -0.39 is 0 Å². The van der Waals surface area contributed by atoms with Gasteiger partial charge in [-0.2, -0.15) is 0 Å². The van der Waals surface area contributed by atoms with E-state index >= 15 is 0 Å². The molecule has 0 aliphatic rings. The van der Waals surface area contributed by atoms with E-state index in [1.165, 1.54) is 26.6 Å². The first-order valence-electron chi connectivity index (χ1n) is 12.7. The highest BCUT2D eigenvalue weighted by molar-refractivity contribution is 7.22. The second kappa shape index (κ2) is 8.41. The van der Waals surface area contributed by atoms with Crippen molar-refractivity contribution in [3.8, 4) is 32.8 Å². The number of furan rings is 1. The third kappa shape index (κ3) is 3.37. The van der Waals surface area contributed by atoms with E-state index in [1.54, 1.807) is 11.3 Å². The van der Waals surface area contributed by atoms with Gasteiger partial charge in [-0.15, -0.1) is 11.3 Å². The van der Waals surface area contributed by atoms with Crippen molar-refractivity contribution in [2.75, 3.05) is 0 Å². The molecule has 0 aliphatic carbocycles. The number of hydrogen-bond donors (Lipinski definition) is 0. The minimum atomic E-state index is 0.922. The molecule has 2 nitrogen and oxygen atoms in total. The number of rotatable bonds is 3. The molecule has 0 saturated carbocycles. The van der Waals surface area contributed by atoms with Crippen LogP contribution >= 0.6 is 11.3 Å². The Morgan fingerprint density at radius 1 is 0.526 bits per heavy atom. The van der Waals surface area contributed by atoms with Crippen LogP contribution in [0.1, 0.15) is 0 Å². The molecule has 0 radical (unpaired) electrons. The maximum atomic E-state index is 6.31. The predicted octanol–water partition coefficient (Wildman–Crippen LogP) is 10.3. The quantitative estimate of drug-likeness (QED) is 0.240. The zero-order valence-electron chi connectivity index (χ0n) is 20.4. The zero-order valence-corrected chi connectivity index (χ0v) is 21.2. The Hall–Kier alpha value is -4.73. The van der Waals surface area contributed by atoms with Gasteiger partial charge in [0.05, 0.1) is 10.2 Å². The predicted molar refractivity (Wildman–Crippen MR) is 161 cm³/mol. The molecule has 6 aromatic carbocycles. The molecule has 8 rings (SSSR count). The van der Waals surface area contributed by atoms with Gasteiger partial charge in [0.15, 0.2) is 0 Å². The van der Waals surface area contributed by atoms with Gasteiger partial charge in [0.2, 0.25) is 0 Å². The molecule has 38 heavy (non-hydrogen) atoms. The van der Waals surface area contributed by atoms with E-state index in [9.17, 15) is 0 Å². The number of benzene rings is 6. The van der Waals surface area contributed by atoms with Crippen LogP contribution < -0.4 is 0 Å². The second-order valence-corrected chi connectivity index (χ2v) is 10.6. The Morgan fingerprint density at radius 3 is 2.24 bits per heavy atom. The van der Waals surface area contributed by atoms with Crippen LogP contribution in [0.2, 0.25) is 0 Å². The number of para-hydroxylation sites is 2. The van der Waals surface area contributed by atoms with Crippen molar-refractivity contribution in [2.45, 2.75) is 0 Å². The second-order valence-electron chi connectivity index (χ2n) is 9.60. The highest BCUT2D eigenvalue weighted by Gasteiger charge is 2.13. The lowest BCUT2D eigenvalue weighted by Crippen LogP contribution is -1.83. The SMILES string of the molecule is c1ccc(-c2nc3ccc4cc(-c5cccc(-c6cccc7c6oc6ccccc67)c5)ccc4c3s2)cc1. The molecule has 0 spiro atoms. The van der Waals surface area contributed by atoms with E-state index in [0.29, 0.717) is 0 Å². The maximum Gasteiger partial charge on any atom is 0.143 e. The zero-order chi connectivity index (χ0) is 25.1. The Morgan fingerprint density at radius 2 is 1.29 bits per heavy atom. The summed E-state index contributed by atoms with van der Waals surface area (Å²) in [4.78, 5) is 4.91. The summed E-state index contributed by atoms with van der Waals surface area (Å²) in [5.74, 6) is 0. The lowest BCUT2D eigenvalue weighted by Gasteiger charge is -2.08. The average molecular weight is 504 g/mol. The van der Waals surface area contributed by atoms with Crippen LogP contribution in [-0.4, -0.2) is 4.98 Å². The highest BCUT2D eigenvalue weighted by atomic mass is 32.1. The molecule has 3 heteroatoms. The Kier molecular flexibility index (Phi) is 4.73. The van der Waals surface area contributed by atoms with Crippen LogP contribution in [-0.2, 0) is 0 Å². The van der Waals surface area contributed by atoms with E-state index in [2.05, 4.69) is 109 Å². The topological polar surface area (TPSA) is 26.0 Å². The van der Waals surface area contributed by atoms with E-state index in [-0.39, 0.29) is 0 Å². The van der Waals surface area contributed by atoms with Crippen molar-refractivity contribution >= 4 is 54.3 Å². The first-order valence-corrected chi connectivity index (χ1v) is 13.5. The van der Waals surface area contributed by atoms with Crippen LogP contribution in [0.5, 0.6) is 0 Å². The van der Waals surface area contributed by atoms with Crippen molar-refractivity contribution in [1.29, 1.82) is 0 Å². The molecular formula is C35H21NOS. The van der Waals surface area contributed by atoms with Gasteiger partial charge in [0.1, 0.15) is 16.2 Å². The van der Waals surface area contributed by atoms with Crippen LogP contribution in [0.4, 0.5) is 0 Å². The van der Waals surface area contributed by atoms with Crippen molar-refractivity contribution in [1.82, 2.24) is 4.98 Å². The Balaban J connectivity index is 1.23. The molecule has 0 unspecified atom stereocenters. The molecule has 0 fully saturated rings. The minimum Gasteiger partial charge on any atom is -0.455 e. The summed E-state index contributed by atoms with van der Waals surface area (Å²) in [7, 11) is 0. The summed E-state index contributed by atoms with van der Waals surface area (Å²) in [6.07, 6.45) is 0. The van der Waals surface area contributed by atoms with Crippen LogP contribution in [0.25, 0.3) is 75.8 Å². The highest BCUT2D eigenvalue weighted by Crippen LogP contribution is 2.39. The van der Waals surface area contributed by atoms with Crippen molar-refractivity contribution in [2.24, 2.45) is 0 Å². The summed E-state index contributed by atoms with van der Waals surface area (Å²) in [6.45, 7) is 0. The molecule has 0 saturated heterocycles. The summed E-state index contributed by atoms with van der Waals surface area (Å²) >= 11 is 1.76. The lowest BCUT2D eigenvalue weighted by molar-refractivity contribution is 0.670. The number of nitrogens with zero attached hydrogens (tertiary/aromatic N) is 1. The average Bonchev–Trinajstić information content (AvgIpc) is 3.60. The summed E-state index contributed by atoms with van der Waals surface area (Å²) < 4.78 is 7.55. The molecule has 0 amide bonds. The minimum absolute atomic E-state index is 0.922. The molecule has 0 atom stereocenters. The summed E-state index contributed by atoms with van der Waals surface area (Å²) in [5.41, 5.74) is 8.72. The smallest absolute Gasteiger partial charge is 0.143 e. The van der Waals surface area contributed by atoms with Gasteiger partial charge in [-0.25, -0.2) is 4.98 Å². The molecule has 178 valence electrons. The van der Waals surface area contributed by atoms with E-state index in [4.69, 9.17) is 9.40 Å². The third-order valence-electron chi connectivity index (χ3n) is 7.30. The monoisotopic (exact) mass is 503 g/mol. The fourth-order valence-corrected chi connectivity index (χ4v) is 6.54. The van der Waals surface area contributed by atoms with Crippen molar-refractivity contribution in [3.05, 3.63) is 127 Å². The van der Waals surface area contributed by atoms with Gasteiger partial charge in [-0.1, -0.05) is 103 Å². The molecule has 0 bridgehead atoms. The fourth-order valence-electron chi connectivity index (χ4n) is 5.44. The standard InChI is InChI=1S/C35H21NOS/c1-2-8-22(9-3-1)35-36-31-19-17-26-21-24(16-18-28(26)34(31)38-35)23-10-6-11-25(20-23)27-13-7-14-30-29-12-4-5-15-32(29)37-33(27)30/h1-21H. The molecule has 0 N–H and O–H groups in total. The van der Waals surface area contributed by atoms with Gasteiger partial charge >= 0.3 is 0 Å². The van der Waals surface area contributed by atoms with Gasteiger partial charge in [0, 0.05) is 27.3 Å². The first kappa shape index (κ1) is 21.4.